The fraction of sp³-hybridized carbons (Fsp3) is 0.781. The Balaban J connectivity index is 3.92. The van der Waals surface area contributed by atoms with Gasteiger partial charge < -0.3 is 20.6 Å². The predicted molar refractivity (Wildman–Crippen MR) is 158 cm³/mol. The van der Waals surface area contributed by atoms with Gasteiger partial charge >= 0.3 is 0 Å². The Hall–Kier alpha value is -1.43. The van der Waals surface area contributed by atoms with Gasteiger partial charge in [-0.25, -0.2) is 0 Å². The molecule has 216 valence electrons. The lowest BCUT2D eigenvalue weighted by Gasteiger charge is -2.21. The largest absolute Gasteiger partial charge is 0.394 e. The van der Waals surface area contributed by atoms with E-state index in [0.29, 0.717) is 6.42 Å². The number of amides is 1. The summed E-state index contributed by atoms with van der Waals surface area (Å²) in [5.74, 6) is -0.336. The van der Waals surface area contributed by atoms with Crippen molar-refractivity contribution in [1.82, 2.24) is 5.32 Å². The second kappa shape index (κ2) is 27.6. The van der Waals surface area contributed by atoms with Gasteiger partial charge in [0.2, 0.25) is 5.91 Å². The van der Waals surface area contributed by atoms with E-state index in [4.69, 9.17) is 0 Å². The summed E-state index contributed by atoms with van der Waals surface area (Å²) in [6.07, 6.45) is 31.2. The molecule has 0 aliphatic heterocycles. The SMILES string of the molecule is CCCCC/C=C/CC/C=C/CC/C=C/C(O)C(CO)NC(=O)CC(O)CCCCCCCCCCC. The van der Waals surface area contributed by atoms with Crippen molar-refractivity contribution >= 4 is 5.91 Å². The molecular formula is C32H59NO4. The van der Waals surface area contributed by atoms with Crippen LogP contribution in [0.2, 0.25) is 0 Å². The van der Waals surface area contributed by atoms with E-state index in [1.165, 1.54) is 70.6 Å². The third-order valence-corrected chi connectivity index (χ3v) is 6.66. The van der Waals surface area contributed by atoms with Crippen LogP contribution in [0.3, 0.4) is 0 Å². The van der Waals surface area contributed by atoms with E-state index in [1.54, 1.807) is 6.08 Å². The molecule has 0 saturated carbocycles. The van der Waals surface area contributed by atoms with Gasteiger partial charge in [-0.15, -0.1) is 0 Å². The molecule has 37 heavy (non-hydrogen) atoms. The van der Waals surface area contributed by atoms with Gasteiger partial charge in [0.05, 0.1) is 31.3 Å². The van der Waals surface area contributed by atoms with E-state index >= 15 is 0 Å². The lowest BCUT2D eigenvalue weighted by atomic mass is 10.0. The van der Waals surface area contributed by atoms with Crippen LogP contribution in [-0.2, 0) is 4.79 Å². The average molecular weight is 522 g/mol. The molecule has 3 unspecified atom stereocenters. The van der Waals surface area contributed by atoms with Gasteiger partial charge in [0.25, 0.3) is 0 Å². The summed E-state index contributed by atoms with van der Waals surface area (Å²) >= 11 is 0. The van der Waals surface area contributed by atoms with Crippen molar-refractivity contribution in [3.63, 3.8) is 0 Å². The van der Waals surface area contributed by atoms with Crippen molar-refractivity contribution in [2.75, 3.05) is 6.61 Å². The number of unbranched alkanes of at least 4 members (excludes halogenated alkanes) is 13. The molecule has 0 aliphatic rings. The van der Waals surface area contributed by atoms with Crippen molar-refractivity contribution < 1.29 is 20.1 Å². The Morgan fingerprint density at radius 1 is 0.676 bits per heavy atom. The molecule has 1 amide bonds. The highest BCUT2D eigenvalue weighted by molar-refractivity contribution is 5.76. The topological polar surface area (TPSA) is 89.8 Å². The number of aliphatic hydroxyl groups is 3. The maximum absolute atomic E-state index is 12.2. The molecule has 0 heterocycles. The Morgan fingerprint density at radius 3 is 1.73 bits per heavy atom. The van der Waals surface area contributed by atoms with Crippen molar-refractivity contribution in [3.8, 4) is 0 Å². The molecule has 0 saturated heterocycles. The number of nitrogens with one attached hydrogen (secondary N) is 1. The fourth-order valence-electron chi connectivity index (χ4n) is 4.25. The Labute approximate surface area is 228 Å². The van der Waals surface area contributed by atoms with Crippen LogP contribution < -0.4 is 5.32 Å². The minimum atomic E-state index is -0.953. The second-order valence-corrected chi connectivity index (χ2v) is 10.3. The summed E-state index contributed by atoms with van der Waals surface area (Å²) in [7, 11) is 0. The molecule has 5 heteroatoms. The van der Waals surface area contributed by atoms with Crippen LogP contribution in [0.5, 0.6) is 0 Å². The van der Waals surface area contributed by atoms with Gasteiger partial charge in [-0.05, 0) is 44.9 Å². The number of hydrogen-bond acceptors (Lipinski definition) is 4. The lowest BCUT2D eigenvalue weighted by molar-refractivity contribution is -0.124. The highest BCUT2D eigenvalue weighted by atomic mass is 16.3. The van der Waals surface area contributed by atoms with E-state index in [-0.39, 0.29) is 18.9 Å². The Kier molecular flexibility index (Phi) is 26.5. The van der Waals surface area contributed by atoms with E-state index in [9.17, 15) is 20.1 Å². The van der Waals surface area contributed by atoms with Crippen LogP contribution >= 0.6 is 0 Å². The van der Waals surface area contributed by atoms with Gasteiger partial charge in [0, 0.05) is 0 Å². The average Bonchev–Trinajstić information content (AvgIpc) is 2.88. The van der Waals surface area contributed by atoms with Crippen LogP contribution in [0.4, 0.5) is 0 Å². The van der Waals surface area contributed by atoms with Crippen molar-refractivity contribution in [2.24, 2.45) is 0 Å². The Bertz CT molecular complexity index is 587. The molecule has 0 bridgehead atoms. The number of aliphatic hydroxyl groups excluding tert-OH is 3. The monoisotopic (exact) mass is 521 g/mol. The number of hydrogen-bond donors (Lipinski definition) is 4. The first-order valence-electron chi connectivity index (χ1n) is 15.3. The summed E-state index contributed by atoms with van der Waals surface area (Å²) in [6, 6.07) is -0.761. The molecule has 0 rings (SSSR count). The zero-order chi connectivity index (χ0) is 27.4. The third kappa shape index (κ3) is 24.7. The number of carbonyl (C=O) groups is 1. The highest BCUT2D eigenvalue weighted by Gasteiger charge is 2.19. The first-order chi connectivity index (χ1) is 18.0. The van der Waals surface area contributed by atoms with Gasteiger partial charge in [-0.1, -0.05) is 121 Å². The van der Waals surface area contributed by atoms with E-state index in [2.05, 4.69) is 43.5 Å². The van der Waals surface area contributed by atoms with Crippen molar-refractivity contribution in [3.05, 3.63) is 36.5 Å². The van der Waals surface area contributed by atoms with Gasteiger partial charge in [-0.3, -0.25) is 4.79 Å². The van der Waals surface area contributed by atoms with Gasteiger partial charge in [0.15, 0.2) is 0 Å². The molecule has 5 nitrogen and oxygen atoms in total. The van der Waals surface area contributed by atoms with E-state index in [0.717, 1.165) is 38.5 Å². The number of rotatable bonds is 26. The van der Waals surface area contributed by atoms with Gasteiger partial charge in [0.1, 0.15) is 0 Å². The quantitative estimate of drug-likeness (QED) is 0.0710. The van der Waals surface area contributed by atoms with Gasteiger partial charge in [-0.2, -0.15) is 0 Å². The maximum atomic E-state index is 12.2. The molecule has 0 aromatic carbocycles. The molecule has 0 radical (unpaired) electrons. The molecule has 4 N–H and O–H groups in total. The standard InChI is InChI=1S/C32H59NO4/c1-3-5-7-9-11-13-14-15-16-18-20-22-24-26-31(36)30(28-34)33-32(37)27-29(35)25-23-21-19-17-12-10-8-6-4-2/h11,13,16,18,24,26,29-31,34-36H,3-10,12,14-15,17,19-23,25,27-28H2,1-2H3,(H,33,37)/b13-11+,18-16+,26-24+. The first kappa shape index (κ1) is 35.6. The van der Waals surface area contributed by atoms with Crippen LogP contribution in [0, 0.1) is 0 Å². The molecular weight excluding hydrogens is 462 g/mol. The van der Waals surface area contributed by atoms with Crippen LogP contribution in [0.1, 0.15) is 136 Å². The summed E-state index contributed by atoms with van der Waals surface area (Å²) in [6.45, 7) is 4.10. The number of allylic oxidation sites excluding steroid dienone is 5. The zero-order valence-electron chi connectivity index (χ0n) is 24.1. The zero-order valence-corrected chi connectivity index (χ0v) is 24.1. The minimum Gasteiger partial charge on any atom is -0.394 e. The lowest BCUT2D eigenvalue weighted by Crippen LogP contribution is -2.45. The smallest absolute Gasteiger partial charge is 0.222 e. The van der Waals surface area contributed by atoms with E-state index < -0.39 is 18.2 Å². The normalized spacial score (nSPS) is 14.6. The summed E-state index contributed by atoms with van der Waals surface area (Å²) in [5, 5.41) is 32.7. The molecule has 3 atom stereocenters. The summed E-state index contributed by atoms with van der Waals surface area (Å²) in [5.41, 5.74) is 0. The Morgan fingerprint density at radius 2 is 1.16 bits per heavy atom. The maximum Gasteiger partial charge on any atom is 0.222 e. The molecule has 0 aromatic heterocycles. The van der Waals surface area contributed by atoms with Crippen LogP contribution in [0.25, 0.3) is 0 Å². The summed E-state index contributed by atoms with van der Waals surface area (Å²) in [4.78, 5) is 12.2. The molecule has 0 spiro atoms. The summed E-state index contributed by atoms with van der Waals surface area (Å²) < 4.78 is 0. The highest BCUT2D eigenvalue weighted by Crippen LogP contribution is 2.12. The minimum absolute atomic E-state index is 0.00265. The van der Waals surface area contributed by atoms with E-state index in [1.807, 2.05) is 6.08 Å². The van der Waals surface area contributed by atoms with Crippen molar-refractivity contribution in [1.29, 1.82) is 0 Å². The molecule has 0 aromatic rings. The van der Waals surface area contributed by atoms with Crippen LogP contribution in [0.15, 0.2) is 36.5 Å². The van der Waals surface area contributed by atoms with Crippen molar-refractivity contribution in [2.45, 2.75) is 154 Å². The van der Waals surface area contributed by atoms with Crippen LogP contribution in [-0.4, -0.2) is 46.1 Å². The second-order valence-electron chi connectivity index (χ2n) is 10.3. The fourth-order valence-corrected chi connectivity index (χ4v) is 4.25. The first-order valence-corrected chi connectivity index (χ1v) is 15.3. The molecule has 0 fully saturated rings. The molecule has 0 aliphatic carbocycles. The number of carbonyl (C=O) groups excluding carboxylic acids is 1. The third-order valence-electron chi connectivity index (χ3n) is 6.66. The predicted octanol–water partition coefficient (Wildman–Crippen LogP) is 7.31.